The van der Waals surface area contributed by atoms with Crippen LogP contribution in [0.5, 0.6) is 0 Å². The molecule has 2 N–H and O–H groups in total. The molecule has 1 spiro atoms. The molecule has 31 heavy (non-hydrogen) atoms. The first-order valence-corrected chi connectivity index (χ1v) is 10.6. The number of carbonyl (C=O) groups is 3. The van der Waals surface area contributed by atoms with E-state index in [1.54, 1.807) is 0 Å². The van der Waals surface area contributed by atoms with Crippen LogP contribution in [0.15, 0.2) is 34.7 Å². The van der Waals surface area contributed by atoms with Gasteiger partial charge in [-0.1, -0.05) is 11.6 Å². The number of nitrogens with zero attached hydrogens (tertiary/aromatic N) is 2. The second-order valence-corrected chi connectivity index (χ2v) is 9.30. The van der Waals surface area contributed by atoms with E-state index in [1.807, 2.05) is 0 Å². The zero-order chi connectivity index (χ0) is 21.7. The Morgan fingerprint density at radius 3 is 2.97 bits per heavy atom. The summed E-state index contributed by atoms with van der Waals surface area (Å²) < 4.78 is 6.00. The number of carboxylic acids is 1. The van der Waals surface area contributed by atoms with Crippen LogP contribution in [0.1, 0.15) is 19.3 Å². The molecular formula is C21H21N3O7. The molecule has 0 aromatic carbocycles. The predicted molar refractivity (Wildman–Crippen MR) is 103 cm³/mol. The second kappa shape index (κ2) is 6.10. The third-order valence-corrected chi connectivity index (χ3v) is 8.26. The maximum Gasteiger partial charge on any atom is 0.343 e. The Hall–Kier alpha value is -2.85. The third-order valence-electron chi connectivity index (χ3n) is 8.26. The van der Waals surface area contributed by atoms with Gasteiger partial charge in [-0.3, -0.25) is 29.4 Å². The van der Waals surface area contributed by atoms with Gasteiger partial charge in [0.2, 0.25) is 5.78 Å². The van der Waals surface area contributed by atoms with E-state index in [0.717, 1.165) is 19.5 Å². The summed E-state index contributed by atoms with van der Waals surface area (Å²) in [4.78, 5) is 49.8. The maximum atomic E-state index is 12.4. The molecule has 0 radical (unpaired) electrons. The topological polar surface area (TPSA) is 139 Å². The van der Waals surface area contributed by atoms with Gasteiger partial charge in [0, 0.05) is 30.0 Å². The molecule has 0 amide bonds. The number of allylic oxidation sites excluding steroid dienone is 3. The first kappa shape index (κ1) is 18.9. The number of hydrogen-bond acceptors (Lipinski definition) is 8. The Morgan fingerprint density at radius 1 is 1.42 bits per heavy atom. The average Bonchev–Trinajstić information content (AvgIpc) is 3.18. The van der Waals surface area contributed by atoms with Gasteiger partial charge in [0.05, 0.1) is 24.1 Å². The highest BCUT2D eigenvalue weighted by atomic mass is 16.6. The minimum atomic E-state index is -1.11. The lowest BCUT2D eigenvalue weighted by Crippen LogP contribution is -2.63. The second-order valence-electron chi connectivity index (χ2n) is 9.30. The summed E-state index contributed by atoms with van der Waals surface area (Å²) in [6, 6.07) is -0.271. The molecule has 3 saturated heterocycles. The number of aliphatic carboxylic acids is 1. The predicted octanol–water partition coefficient (Wildman–Crippen LogP) is 0.0350. The number of fused-ring (bicyclic) bond motifs is 2. The summed E-state index contributed by atoms with van der Waals surface area (Å²) >= 11 is 0. The zero-order valence-corrected chi connectivity index (χ0v) is 16.6. The van der Waals surface area contributed by atoms with Crippen molar-refractivity contribution in [2.24, 2.45) is 17.3 Å². The summed E-state index contributed by atoms with van der Waals surface area (Å²) in [7, 11) is 0. The van der Waals surface area contributed by atoms with Gasteiger partial charge in [-0.05, 0) is 37.0 Å². The van der Waals surface area contributed by atoms with Crippen LogP contribution < -0.4 is 5.32 Å². The summed E-state index contributed by atoms with van der Waals surface area (Å²) in [6.07, 6.45) is 4.09. The van der Waals surface area contributed by atoms with E-state index in [2.05, 4.69) is 16.3 Å². The quantitative estimate of drug-likeness (QED) is 0.210. The van der Waals surface area contributed by atoms with Gasteiger partial charge in [-0.25, -0.2) is 0 Å². The molecule has 4 heterocycles. The van der Waals surface area contributed by atoms with Gasteiger partial charge >= 0.3 is 17.4 Å². The fraction of sp³-hybridized carbons (Fsp3) is 0.571. The number of Topliss-reactive ketones (excluding diaryl/α,β-unsaturated/α-hetero) is 1. The lowest BCUT2D eigenvalue weighted by Gasteiger charge is -2.55. The van der Waals surface area contributed by atoms with Crippen molar-refractivity contribution in [1.82, 2.24) is 10.2 Å². The van der Waals surface area contributed by atoms with Crippen molar-refractivity contribution >= 4 is 17.5 Å². The molecule has 162 valence electrons. The minimum absolute atomic E-state index is 0.0738. The summed E-state index contributed by atoms with van der Waals surface area (Å²) in [5.74, 6) is -3.05. The van der Waals surface area contributed by atoms with Crippen molar-refractivity contribution in [3.8, 4) is 0 Å². The minimum Gasteiger partial charge on any atom is -0.481 e. The molecule has 0 aromatic rings. The first-order valence-electron chi connectivity index (χ1n) is 10.6. The van der Waals surface area contributed by atoms with Crippen molar-refractivity contribution in [2.75, 3.05) is 19.7 Å². The van der Waals surface area contributed by atoms with Crippen LogP contribution in [0.2, 0.25) is 0 Å². The molecule has 10 heteroatoms. The number of hydrogen-bond donors (Lipinski definition) is 2. The number of nitro groups is 1. The summed E-state index contributed by atoms with van der Waals surface area (Å²) in [5.41, 5.74) is 0.637. The van der Waals surface area contributed by atoms with E-state index in [9.17, 15) is 29.6 Å². The van der Waals surface area contributed by atoms with E-state index in [1.165, 1.54) is 11.6 Å². The highest BCUT2D eigenvalue weighted by Crippen LogP contribution is 2.64. The number of nitrogens with one attached hydrogen (secondary N) is 1. The van der Waals surface area contributed by atoms with Gasteiger partial charge in [-0.2, -0.15) is 0 Å². The van der Waals surface area contributed by atoms with Gasteiger partial charge < -0.3 is 15.2 Å². The van der Waals surface area contributed by atoms with Crippen molar-refractivity contribution < 1.29 is 29.2 Å². The van der Waals surface area contributed by atoms with Crippen LogP contribution in [0.25, 0.3) is 0 Å². The van der Waals surface area contributed by atoms with Gasteiger partial charge in [0.15, 0.2) is 0 Å². The standard InChI is InChI=1S/C21H21N3O7/c25-12-6-11-17(18(19(12)28)24(29)30)22-20-16-10-5-14-21(11,20)2-3-23(14)8-9(10)1-4-31-13(16)7-15(26)27/h1,6,10,13-14,16,20,22H,2-5,7-8H2,(H,26,27)/t10-,13+,14-,16+,20-,21-/m1/s1. The van der Waals surface area contributed by atoms with Crippen LogP contribution >= 0.6 is 0 Å². The number of rotatable bonds is 3. The lowest BCUT2D eigenvalue weighted by atomic mass is 9.54. The van der Waals surface area contributed by atoms with Gasteiger partial charge in [-0.15, -0.1) is 0 Å². The van der Waals surface area contributed by atoms with Crippen LogP contribution in [-0.2, 0) is 19.1 Å². The molecule has 6 aliphatic rings. The molecule has 6 atom stereocenters. The van der Waals surface area contributed by atoms with E-state index >= 15 is 0 Å². The molecule has 4 fully saturated rings. The van der Waals surface area contributed by atoms with Gasteiger partial charge in [0.1, 0.15) is 5.70 Å². The van der Waals surface area contributed by atoms with Crippen LogP contribution in [-0.4, -0.2) is 70.3 Å². The van der Waals surface area contributed by atoms with E-state index in [-0.39, 0.29) is 36.0 Å². The number of ether oxygens (including phenoxy) is 1. The highest BCUT2D eigenvalue weighted by molar-refractivity contribution is 6.48. The molecule has 10 nitrogen and oxygen atoms in total. The molecule has 6 rings (SSSR count). The normalized spacial score (nSPS) is 40.5. The number of carbonyl (C=O) groups excluding carboxylic acids is 2. The smallest absolute Gasteiger partial charge is 0.343 e. The van der Waals surface area contributed by atoms with E-state index in [4.69, 9.17) is 4.74 Å². The Labute approximate surface area is 176 Å². The fourth-order valence-corrected chi connectivity index (χ4v) is 7.23. The molecule has 0 aromatic heterocycles. The molecule has 1 saturated carbocycles. The Bertz CT molecular complexity index is 1060. The van der Waals surface area contributed by atoms with E-state index in [0.29, 0.717) is 18.6 Å². The summed E-state index contributed by atoms with van der Waals surface area (Å²) in [5, 5.41) is 24.6. The summed E-state index contributed by atoms with van der Waals surface area (Å²) in [6.45, 7) is 1.87. The molecule has 4 aliphatic heterocycles. The molecule has 2 aliphatic carbocycles. The molecule has 0 unspecified atom stereocenters. The van der Waals surface area contributed by atoms with Crippen LogP contribution in [0.4, 0.5) is 0 Å². The molecule has 2 bridgehead atoms. The van der Waals surface area contributed by atoms with Crippen molar-refractivity contribution in [2.45, 2.75) is 37.5 Å². The molecular weight excluding hydrogens is 406 g/mol. The van der Waals surface area contributed by atoms with Crippen molar-refractivity contribution in [3.05, 3.63) is 44.8 Å². The maximum absolute atomic E-state index is 12.4. The number of ketones is 2. The van der Waals surface area contributed by atoms with Crippen molar-refractivity contribution in [3.63, 3.8) is 0 Å². The number of piperidine rings is 1. The van der Waals surface area contributed by atoms with Crippen molar-refractivity contribution in [1.29, 1.82) is 0 Å². The fourth-order valence-electron chi connectivity index (χ4n) is 7.23. The Balaban J connectivity index is 1.57. The van der Waals surface area contributed by atoms with Gasteiger partial charge in [0.25, 0.3) is 0 Å². The van der Waals surface area contributed by atoms with Crippen LogP contribution in [0, 0.1) is 27.4 Å². The van der Waals surface area contributed by atoms with E-state index < -0.39 is 39.7 Å². The Morgan fingerprint density at radius 2 is 2.23 bits per heavy atom. The SMILES string of the molecule is O=C(O)C[C@@H]1OCC=C2CN3CC[C@]45C6=CC(=O)C(=O)C([N+](=O)[O-])=C6N[C@@H]4[C@H]1[C@@H]2C[C@@H]35. The zero-order valence-electron chi connectivity index (χ0n) is 16.6. The Kier molecular flexibility index (Phi) is 3.72. The average molecular weight is 427 g/mol. The monoisotopic (exact) mass is 427 g/mol. The first-order chi connectivity index (χ1) is 14.8. The largest absolute Gasteiger partial charge is 0.481 e. The number of carboxylic acid groups (broad SMARTS) is 1. The van der Waals surface area contributed by atoms with Crippen LogP contribution in [0.3, 0.4) is 0 Å². The lowest BCUT2D eigenvalue weighted by molar-refractivity contribution is -0.419. The highest BCUT2D eigenvalue weighted by Gasteiger charge is 2.69. The third kappa shape index (κ3) is 2.26.